The van der Waals surface area contributed by atoms with Crippen LogP contribution in [-0.4, -0.2) is 23.7 Å². The van der Waals surface area contributed by atoms with Gasteiger partial charge in [-0.2, -0.15) is 0 Å². The maximum Gasteiger partial charge on any atom is 0.231 e. The number of hydrogen-bond donors (Lipinski definition) is 0. The molecule has 2 heterocycles. The molecule has 5 heteroatoms. The van der Waals surface area contributed by atoms with Crippen LogP contribution in [0.15, 0.2) is 48.7 Å². The van der Waals surface area contributed by atoms with Gasteiger partial charge in [-0.1, -0.05) is 28.1 Å². The highest BCUT2D eigenvalue weighted by Gasteiger charge is 2.16. The van der Waals surface area contributed by atoms with Crippen molar-refractivity contribution >= 4 is 26.8 Å². The molecule has 4 rings (SSSR count). The molecule has 0 amide bonds. The van der Waals surface area contributed by atoms with Crippen LogP contribution in [-0.2, 0) is 0 Å². The first-order valence-corrected chi connectivity index (χ1v) is 9.45. The van der Waals surface area contributed by atoms with Crippen molar-refractivity contribution in [3.8, 4) is 28.4 Å². The minimum Gasteiger partial charge on any atom is -0.491 e. The Labute approximate surface area is 154 Å². The van der Waals surface area contributed by atoms with Gasteiger partial charge in [-0.05, 0) is 54.3 Å². The molecule has 0 aliphatic carbocycles. The highest BCUT2D eigenvalue weighted by atomic mass is 79.9. The monoisotopic (exact) mass is 399 g/mol. The van der Waals surface area contributed by atoms with Crippen LogP contribution in [0.25, 0.3) is 22.0 Å². The predicted molar refractivity (Wildman–Crippen MR) is 102 cm³/mol. The number of aromatic nitrogens is 1. The Kier molecular flexibility index (Phi) is 4.74. The lowest BCUT2D eigenvalue weighted by Crippen LogP contribution is -1.99. The van der Waals surface area contributed by atoms with Crippen LogP contribution in [0, 0.1) is 0 Å². The van der Waals surface area contributed by atoms with E-state index in [1.807, 2.05) is 30.3 Å². The van der Waals surface area contributed by atoms with E-state index in [1.165, 1.54) is 0 Å². The van der Waals surface area contributed by atoms with Crippen molar-refractivity contribution in [3.05, 3.63) is 48.7 Å². The molecule has 1 aromatic heterocycles. The van der Waals surface area contributed by atoms with Crippen molar-refractivity contribution in [1.82, 2.24) is 4.98 Å². The summed E-state index contributed by atoms with van der Waals surface area (Å²) in [6.07, 6.45) is 3.92. The third-order valence-electron chi connectivity index (χ3n) is 4.20. The number of fused-ring (bicyclic) bond motifs is 2. The van der Waals surface area contributed by atoms with Gasteiger partial charge >= 0.3 is 0 Å². The van der Waals surface area contributed by atoms with E-state index in [0.717, 1.165) is 57.5 Å². The van der Waals surface area contributed by atoms with Crippen molar-refractivity contribution < 1.29 is 14.2 Å². The molecule has 0 N–H and O–H groups in total. The largest absolute Gasteiger partial charge is 0.491 e. The molecule has 0 bridgehead atoms. The number of halogens is 1. The number of hydrogen-bond acceptors (Lipinski definition) is 4. The van der Waals surface area contributed by atoms with Gasteiger partial charge in [-0.15, -0.1) is 0 Å². The molecular weight excluding hydrogens is 382 g/mol. The molecule has 25 heavy (non-hydrogen) atoms. The summed E-state index contributed by atoms with van der Waals surface area (Å²) in [5.41, 5.74) is 3.07. The number of pyridine rings is 1. The first-order valence-electron chi connectivity index (χ1n) is 8.33. The summed E-state index contributed by atoms with van der Waals surface area (Å²) < 4.78 is 16.9. The molecule has 1 aliphatic rings. The highest BCUT2D eigenvalue weighted by molar-refractivity contribution is 9.09. The quantitative estimate of drug-likeness (QED) is 0.422. The van der Waals surface area contributed by atoms with Gasteiger partial charge in [0.15, 0.2) is 11.5 Å². The van der Waals surface area contributed by atoms with Gasteiger partial charge in [0.2, 0.25) is 6.79 Å². The van der Waals surface area contributed by atoms with Gasteiger partial charge < -0.3 is 14.2 Å². The smallest absolute Gasteiger partial charge is 0.231 e. The lowest BCUT2D eigenvalue weighted by Gasteiger charge is -2.12. The number of nitrogens with zero attached hydrogens (tertiary/aromatic N) is 1. The van der Waals surface area contributed by atoms with Gasteiger partial charge in [-0.25, -0.2) is 0 Å². The van der Waals surface area contributed by atoms with E-state index in [-0.39, 0.29) is 6.79 Å². The van der Waals surface area contributed by atoms with E-state index in [9.17, 15) is 0 Å². The summed E-state index contributed by atoms with van der Waals surface area (Å²) in [5.74, 6) is 2.40. The minimum atomic E-state index is 0.280. The SMILES string of the molecule is BrCCCCOc1ccc(-c2ccc3c(c2)OCO3)c2cccnc12. The molecule has 0 radical (unpaired) electrons. The maximum atomic E-state index is 5.96. The van der Waals surface area contributed by atoms with Crippen molar-refractivity contribution in [1.29, 1.82) is 0 Å². The Hall–Kier alpha value is -2.27. The van der Waals surface area contributed by atoms with Gasteiger partial charge in [0.1, 0.15) is 11.3 Å². The van der Waals surface area contributed by atoms with E-state index >= 15 is 0 Å². The first-order chi connectivity index (χ1) is 12.4. The summed E-state index contributed by atoms with van der Waals surface area (Å²) in [6, 6.07) is 14.1. The zero-order chi connectivity index (χ0) is 17.1. The number of benzene rings is 2. The van der Waals surface area contributed by atoms with E-state index in [2.05, 4.69) is 33.0 Å². The van der Waals surface area contributed by atoms with E-state index in [0.29, 0.717) is 6.61 Å². The standard InChI is InChI=1S/C20H18BrNO3/c21-9-1-2-11-23-18-8-6-15(16-4-3-10-22-20(16)18)14-5-7-17-19(12-14)25-13-24-17/h3-8,10,12H,1-2,9,11,13H2. The van der Waals surface area contributed by atoms with Crippen LogP contribution in [0.5, 0.6) is 17.2 Å². The van der Waals surface area contributed by atoms with Crippen LogP contribution in [0.4, 0.5) is 0 Å². The first kappa shape index (κ1) is 16.2. The average Bonchev–Trinajstić information content (AvgIpc) is 3.13. The summed E-state index contributed by atoms with van der Waals surface area (Å²) in [7, 11) is 0. The fourth-order valence-electron chi connectivity index (χ4n) is 2.96. The predicted octanol–water partition coefficient (Wildman–Crippen LogP) is 5.18. The second-order valence-electron chi connectivity index (χ2n) is 5.82. The lowest BCUT2D eigenvalue weighted by molar-refractivity contribution is 0.174. The average molecular weight is 400 g/mol. The Morgan fingerprint density at radius 1 is 1.04 bits per heavy atom. The van der Waals surface area contributed by atoms with Gasteiger partial charge in [-0.3, -0.25) is 4.98 Å². The Morgan fingerprint density at radius 2 is 1.96 bits per heavy atom. The molecule has 3 aromatic rings. The van der Waals surface area contributed by atoms with Crippen LogP contribution in [0.1, 0.15) is 12.8 Å². The zero-order valence-electron chi connectivity index (χ0n) is 13.7. The van der Waals surface area contributed by atoms with Crippen LogP contribution in [0.2, 0.25) is 0 Å². The Morgan fingerprint density at radius 3 is 2.88 bits per heavy atom. The molecule has 0 saturated heterocycles. The molecular formula is C20H18BrNO3. The van der Waals surface area contributed by atoms with E-state index < -0.39 is 0 Å². The second kappa shape index (κ2) is 7.31. The van der Waals surface area contributed by atoms with Crippen molar-refractivity contribution in [3.63, 3.8) is 0 Å². The molecule has 0 saturated carbocycles. The molecule has 2 aromatic carbocycles. The molecule has 0 spiro atoms. The van der Waals surface area contributed by atoms with Crippen molar-refractivity contribution in [2.75, 3.05) is 18.7 Å². The van der Waals surface area contributed by atoms with E-state index in [1.54, 1.807) is 6.20 Å². The Balaban J connectivity index is 1.71. The summed E-state index contributed by atoms with van der Waals surface area (Å²) >= 11 is 3.45. The third kappa shape index (κ3) is 3.29. The fraction of sp³-hybridized carbons (Fsp3) is 0.250. The molecule has 4 nitrogen and oxygen atoms in total. The summed E-state index contributed by atoms with van der Waals surface area (Å²) in [5, 5.41) is 2.07. The van der Waals surface area contributed by atoms with Crippen LogP contribution < -0.4 is 14.2 Å². The maximum absolute atomic E-state index is 5.96. The fourth-order valence-corrected chi connectivity index (χ4v) is 3.35. The number of rotatable bonds is 6. The topological polar surface area (TPSA) is 40.6 Å². The molecule has 1 aliphatic heterocycles. The molecule has 0 fully saturated rings. The molecule has 128 valence electrons. The van der Waals surface area contributed by atoms with Gasteiger partial charge in [0.25, 0.3) is 0 Å². The normalized spacial score (nSPS) is 12.5. The molecule has 0 unspecified atom stereocenters. The minimum absolute atomic E-state index is 0.280. The van der Waals surface area contributed by atoms with Crippen LogP contribution >= 0.6 is 15.9 Å². The van der Waals surface area contributed by atoms with Gasteiger partial charge in [0.05, 0.1) is 6.61 Å². The molecule has 0 atom stereocenters. The van der Waals surface area contributed by atoms with Crippen molar-refractivity contribution in [2.24, 2.45) is 0 Å². The number of alkyl halides is 1. The van der Waals surface area contributed by atoms with Crippen molar-refractivity contribution in [2.45, 2.75) is 12.8 Å². The van der Waals surface area contributed by atoms with Crippen LogP contribution in [0.3, 0.4) is 0 Å². The Bertz CT molecular complexity index is 897. The zero-order valence-corrected chi connectivity index (χ0v) is 15.3. The summed E-state index contributed by atoms with van der Waals surface area (Å²) in [4.78, 5) is 4.55. The van der Waals surface area contributed by atoms with E-state index in [4.69, 9.17) is 14.2 Å². The summed E-state index contributed by atoms with van der Waals surface area (Å²) in [6.45, 7) is 0.975. The third-order valence-corrected chi connectivity index (χ3v) is 4.76. The highest BCUT2D eigenvalue weighted by Crippen LogP contribution is 2.39. The lowest BCUT2D eigenvalue weighted by atomic mass is 10.00. The number of ether oxygens (including phenoxy) is 3. The van der Waals surface area contributed by atoms with Gasteiger partial charge in [0, 0.05) is 16.9 Å². The number of unbranched alkanes of at least 4 members (excludes halogenated alkanes) is 1. The second-order valence-corrected chi connectivity index (χ2v) is 6.62.